The minimum atomic E-state index is -0.0812. The average Bonchev–Trinajstić information content (AvgIpc) is 3.07. The highest BCUT2D eigenvalue weighted by atomic mass is 16.5. The fourth-order valence-electron chi connectivity index (χ4n) is 3.08. The van der Waals surface area contributed by atoms with Crippen molar-refractivity contribution in [3.8, 4) is 0 Å². The van der Waals surface area contributed by atoms with E-state index in [9.17, 15) is 5.21 Å². The fraction of sp³-hybridized carbons (Fsp3) is 0.692. The third kappa shape index (κ3) is 2.05. The summed E-state index contributed by atoms with van der Waals surface area (Å²) in [4.78, 5) is 8.87. The molecule has 0 bridgehead atoms. The molecule has 2 N–H and O–H groups in total. The maximum Gasteiger partial charge on any atom is 0.257 e. The SMILES string of the molecule is Cc1c(N2CCCC2)c(N2CCCC2)nc(=N)n1O. The van der Waals surface area contributed by atoms with Crippen LogP contribution in [-0.4, -0.2) is 41.1 Å². The predicted octanol–water partition coefficient (Wildman–Crippen LogP) is 1.11. The second-order valence-electron chi connectivity index (χ2n) is 5.39. The molecule has 0 radical (unpaired) electrons. The van der Waals surface area contributed by atoms with Crippen molar-refractivity contribution >= 4 is 11.5 Å². The van der Waals surface area contributed by atoms with Gasteiger partial charge in [0, 0.05) is 26.2 Å². The minimum Gasteiger partial charge on any atom is -0.425 e. The summed E-state index contributed by atoms with van der Waals surface area (Å²) < 4.78 is 0.896. The Labute approximate surface area is 112 Å². The molecule has 3 heterocycles. The Bertz CT molecular complexity index is 527. The van der Waals surface area contributed by atoms with E-state index in [1.165, 1.54) is 25.7 Å². The van der Waals surface area contributed by atoms with Crippen LogP contribution in [0.3, 0.4) is 0 Å². The molecule has 2 saturated heterocycles. The van der Waals surface area contributed by atoms with Crippen molar-refractivity contribution in [3.05, 3.63) is 11.3 Å². The van der Waals surface area contributed by atoms with Gasteiger partial charge in [-0.25, -0.2) is 0 Å². The zero-order valence-electron chi connectivity index (χ0n) is 11.4. The van der Waals surface area contributed by atoms with Crippen LogP contribution in [0.25, 0.3) is 0 Å². The van der Waals surface area contributed by atoms with E-state index in [-0.39, 0.29) is 5.62 Å². The Morgan fingerprint density at radius 3 is 2.11 bits per heavy atom. The van der Waals surface area contributed by atoms with Crippen LogP contribution in [0.5, 0.6) is 0 Å². The third-order valence-electron chi connectivity index (χ3n) is 4.11. The highest BCUT2D eigenvalue weighted by molar-refractivity contribution is 5.70. The van der Waals surface area contributed by atoms with E-state index < -0.39 is 0 Å². The lowest BCUT2D eigenvalue weighted by atomic mass is 10.3. The number of nitrogens with one attached hydrogen (secondary N) is 1. The van der Waals surface area contributed by atoms with Gasteiger partial charge in [0.05, 0.1) is 5.69 Å². The molecule has 1 aromatic heterocycles. The van der Waals surface area contributed by atoms with Gasteiger partial charge >= 0.3 is 0 Å². The maximum atomic E-state index is 9.94. The van der Waals surface area contributed by atoms with Gasteiger partial charge in [-0.2, -0.15) is 9.71 Å². The molecule has 2 aliphatic heterocycles. The van der Waals surface area contributed by atoms with Crippen LogP contribution >= 0.6 is 0 Å². The van der Waals surface area contributed by atoms with Gasteiger partial charge in [-0.05, 0) is 32.6 Å². The molecule has 2 aliphatic rings. The first-order valence-corrected chi connectivity index (χ1v) is 7.06. The Balaban J connectivity index is 2.11. The average molecular weight is 263 g/mol. The Morgan fingerprint density at radius 1 is 1.00 bits per heavy atom. The second kappa shape index (κ2) is 4.75. The summed E-state index contributed by atoms with van der Waals surface area (Å²) in [5.41, 5.74) is 1.66. The number of hydrogen-bond donors (Lipinski definition) is 2. The monoisotopic (exact) mass is 263 g/mol. The quantitative estimate of drug-likeness (QED) is 0.784. The Hall–Kier alpha value is -1.72. The van der Waals surface area contributed by atoms with Crippen molar-refractivity contribution in [2.24, 2.45) is 0 Å². The van der Waals surface area contributed by atoms with Crippen molar-refractivity contribution in [1.29, 1.82) is 5.41 Å². The summed E-state index contributed by atoms with van der Waals surface area (Å²) in [5.74, 6) is 0.882. The third-order valence-corrected chi connectivity index (χ3v) is 4.11. The summed E-state index contributed by atoms with van der Waals surface area (Å²) in [5, 5.41) is 17.7. The van der Waals surface area contributed by atoms with Crippen LogP contribution < -0.4 is 15.4 Å². The van der Waals surface area contributed by atoms with Gasteiger partial charge < -0.3 is 15.0 Å². The van der Waals surface area contributed by atoms with E-state index in [4.69, 9.17) is 5.41 Å². The molecule has 3 rings (SSSR count). The molecule has 0 aliphatic carbocycles. The first-order chi connectivity index (χ1) is 9.18. The van der Waals surface area contributed by atoms with E-state index in [0.29, 0.717) is 0 Å². The molecule has 6 nitrogen and oxygen atoms in total. The summed E-state index contributed by atoms with van der Waals surface area (Å²) >= 11 is 0. The Morgan fingerprint density at radius 2 is 1.53 bits per heavy atom. The number of hydrogen-bond acceptors (Lipinski definition) is 5. The van der Waals surface area contributed by atoms with Crippen molar-refractivity contribution in [3.63, 3.8) is 0 Å². The Kier molecular flexibility index (Phi) is 3.08. The molecule has 6 heteroatoms. The van der Waals surface area contributed by atoms with Crippen molar-refractivity contribution in [1.82, 2.24) is 9.71 Å². The van der Waals surface area contributed by atoms with Gasteiger partial charge in [-0.3, -0.25) is 5.41 Å². The lowest BCUT2D eigenvalue weighted by Gasteiger charge is -2.28. The van der Waals surface area contributed by atoms with Crippen LogP contribution in [0.4, 0.5) is 11.5 Å². The number of rotatable bonds is 2. The fourth-order valence-corrected chi connectivity index (χ4v) is 3.08. The standard InChI is InChI=1S/C13H21N5O/c1-10-11(16-6-2-3-7-16)12(15-13(14)18(10)19)17-8-4-5-9-17/h14,19H,2-9H2,1H3. The van der Waals surface area contributed by atoms with E-state index in [2.05, 4.69) is 14.8 Å². The zero-order chi connectivity index (χ0) is 13.4. The van der Waals surface area contributed by atoms with Crippen molar-refractivity contribution in [2.75, 3.05) is 36.0 Å². The van der Waals surface area contributed by atoms with Crippen LogP contribution in [0, 0.1) is 12.3 Å². The molecule has 0 aromatic carbocycles. The van der Waals surface area contributed by atoms with Crippen LogP contribution in [0.2, 0.25) is 0 Å². The van der Waals surface area contributed by atoms with Gasteiger partial charge in [-0.15, -0.1) is 0 Å². The number of aromatic nitrogens is 2. The number of nitrogens with zero attached hydrogens (tertiary/aromatic N) is 4. The summed E-state index contributed by atoms with van der Waals surface area (Å²) in [7, 11) is 0. The molecule has 0 saturated carbocycles. The van der Waals surface area contributed by atoms with E-state index in [1.54, 1.807) is 0 Å². The van der Waals surface area contributed by atoms with E-state index in [0.717, 1.165) is 48.1 Å². The molecule has 0 atom stereocenters. The summed E-state index contributed by atoms with van der Waals surface area (Å²) in [6.45, 7) is 5.90. The number of anilines is 2. The van der Waals surface area contributed by atoms with E-state index >= 15 is 0 Å². The molecule has 0 spiro atoms. The molecular formula is C13H21N5O. The second-order valence-corrected chi connectivity index (χ2v) is 5.39. The molecular weight excluding hydrogens is 242 g/mol. The minimum absolute atomic E-state index is 0.0812. The largest absolute Gasteiger partial charge is 0.425 e. The lowest BCUT2D eigenvalue weighted by Crippen LogP contribution is -2.33. The normalized spacial score (nSPS) is 19.4. The van der Waals surface area contributed by atoms with Crippen molar-refractivity contribution < 1.29 is 5.21 Å². The smallest absolute Gasteiger partial charge is 0.257 e. The summed E-state index contributed by atoms with van der Waals surface area (Å²) in [6.07, 6.45) is 4.74. The van der Waals surface area contributed by atoms with Crippen LogP contribution in [-0.2, 0) is 0 Å². The lowest BCUT2D eigenvalue weighted by molar-refractivity contribution is 0.159. The first-order valence-electron chi connectivity index (χ1n) is 7.06. The highest BCUT2D eigenvalue weighted by Gasteiger charge is 2.26. The van der Waals surface area contributed by atoms with Gasteiger partial charge in [0.25, 0.3) is 5.62 Å². The molecule has 0 amide bonds. The van der Waals surface area contributed by atoms with Crippen molar-refractivity contribution in [2.45, 2.75) is 32.6 Å². The highest BCUT2D eigenvalue weighted by Crippen LogP contribution is 2.33. The van der Waals surface area contributed by atoms with Crippen LogP contribution in [0.1, 0.15) is 31.4 Å². The van der Waals surface area contributed by atoms with Gasteiger partial charge in [0.1, 0.15) is 5.69 Å². The topological polar surface area (TPSA) is 68.4 Å². The first kappa shape index (κ1) is 12.3. The van der Waals surface area contributed by atoms with Gasteiger partial charge in [-0.1, -0.05) is 0 Å². The predicted molar refractivity (Wildman–Crippen MR) is 72.9 cm³/mol. The molecule has 2 fully saturated rings. The van der Waals surface area contributed by atoms with Gasteiger partial charge in [0.15, 0.2) is 5.82 Å². The molecule has 1 aromatic rings. The van der Waals surface area contributed by atoms with Gasteiger partial charge in [0.2, 0.25) is 0 Å². The molecule has 104 valence electrons. The molecule has 19 heavy (non-hydrogen) atoms. The molecule has 0 unspecified atom stereocenters. The van der Waals surface area contributed by atoms with Crippen LogP contribution in [0.15, 0.2) is 0 Å². The maximum absolute atomic E-state index is 9.94. The van der Waals surface area contributed by atoms with E-state index in [1.807, 2.05) is 6.92 Å². The summed E-state index contributed by atoms with van der Waals surface area (Å²) in [6, 6.07) is 0. The zero-order valence-corrected chi connectivity index (χ0v) is 11.4.